The lowest BCUT2D eigenvalue weighted by molar-refractivity contribution is -0.136. The van der Waals surface area contributed by atoms with E-state index < -0.39 is 0 Å². The lowest BCUT2D eigenvalue weighted by Crippen LogP contribution is -2.35. The molecule has 2 aliphatic carbocycles. The molecule has 4 rings (SSSR count). The lowest BCUT2D eigenvalue weighted by Gasteiger charge is -2.24. The molecule has 2 heterocycles. The molecule has 1 aromatic heterocycles. The number of carbonyl (C=O) groups is 1. The van der Waals surface area contributed by atoms with Gasteiger partial charge in [-0.05, 0) is 38.5 Å². The second kappa shape index (κ2) is 4.86. The van der Waals surface area contributed by atoms with E-state index in [1.165, 1.54) is 25.7 Å². The van der Waals surface area contributed by atoms with Crippen molar-refractivity contribution in [2.45, 2.75) is 63.3 Å². The molecule has 0 N–H and O–H groups in total. The van der Waals surface area contributed by atoms with Crippen molar-refractivity contribution in [2.24, 2.45) is 5.92 Å². The molecule has 3 fully saturated rings. The maximum absolute atomic E-state index is 12.6. The molecule has 0 spiro atoms. The van der Waals surface area contributed by atoms with Crippen molar-refractivity contribution in [3.63, 3.8) is 0 Å². The van der Waals surface area contributed by atoms with Crippen LogP contribution in [0.25, 0.3) is 0 Å². The van der Waals surface area contributed by atoms with Crippen LogP contribution >= 0.6 is 0 Å². The number of hydrogen-bond acceptors (Lipinski definition) is 4. The molecule has 3 aliphatic rings. The first-order chi connectivity index (χ1) is 9.83. The van der Waals surface area contributed by atoms with Gasteiger partial charge in [0, 0.05) is 18.4 Å². The van der Waals surface area contributed by atoms with Crippen LogP contribution in [0.5, 0.6) is 0 Å². The summed E-state index contributed by atoms with van der Waals surface area (Å²) < 4.78 is 5.44. The third-order valence-electron chi connectivity index (χ3n) is 4.93. The molecule has 1 amide bonds. The zero-order valence-electron chi connectivity index (χ0n) is 11.8. The van der Waals surface area contributed by atoms with Gasteiger partial charge in [-0.25, -0.2) is 0 Å². The summed E-state index contributed by atoms with van der Waals surface area (Å²) >= 11 is 0. The zero-order chi connectivity index (χ0) is 13.5. The Morgan fingerprint density at radius 1 is 1.10 bits per heavy atom. The molecule has 0 radical (unpaired) electrons. The van der Waals surface area contributed by atoms with Gasteiger partial charge in [0.2, 0.25) is 11.8 Å². The van der Waals surface area contributed by atoms with Crippen LogP contribution in [0.3, 0.4) is 0 Å². The fourth-order valence-electron chi connectivity index (χ4n) is 3.58. The van der Waals surface area contributed by atoms with Crippen molar-refractivity contribution in [1.82, 2.24) is 15.0 Å². The Bertz CT molecular complexity index is 503. The van der Waals surface area contributed by atoms with Gasteiger partial charge in [0.05, 0.1) is 0 Å². The van der Waals surface area contributed by atoms with Crippen LogP contribution in [0.4, 0.5) is 0 Å². The molecule has 5 heteroatoms. The van der Waals surface area contributed by atoms with E-state index in [1.807, 2.05) is 4.90 Å². The van der Waals surface area contributed by atoms with Crippen LogP contribution in [0.1, 0.15) is 75.0 Å². The fraction of sp³-hybridized carbons (Fsp3) is 0.800. The van der Waals surface area contributed by atoms with E-state index in [1.54, 1.807) is 0 Å². The van der Waals surface area contributed by atoms with Crippen LogP contribution in [0.15, 0.2) is 4.52 Å². The van der Waals surface area contributed by atoms with E-state index in [2.05, 4.69) is 10.1 Å². The quantitative estimate of drug-likeness (QED) is 0.851. The largest absolute Gasteiger partial charge is 0.337 e. The minimum atomic E-state index is 0.0306. The minimum Gasteiger partial charge on any atom is -0.337 e. The molecule has 1 aliphatic heterocycles. The summed E-state index contributed by atoms with van der Waals surface area (Å²) in [7, 11) is 0. The van der Waals surface area contributed by atoms with E-state index in [0.717, 1.165) is 38.1 Å². The SMILES string of the molecule is O=C(C1CCCC1)N1CCCC1c1nc(C2CC2)no1. The van der Waals surface area contributed by atoms with Crippen molar-refractivity contribution in [1.29, 1.82) is 0 Å². The highest BCUT2D eigenvalue weighted by atomic mass is 16.5. The highest BCUT2D eigenvalue weighted by Crippen LogP contribution is 2.40. The maximum Gasteiger partial charge on any atom is 0.249 e. The predicted molar refractivity (Wildman–Crippen MR) is 71.9 cm³/mol. The molecule has 20 heavy (non-hydrogen) atoms. The second-order valence-corrected chi connectivity index (χ2v) is 6.44. The topological polar surface area (TPSA) is 59.2 Å². The molecule has 1 saturated heterocycles. The lowest BCUT2D eigenvalue weighted by atomic mass is 10.1. The van der Waals surface area contributed by atoms with Crippen LogP contribution in [-0.2, 0) is 4.79 Å². The van der Waals surface area contributed by atoms with Crippen LogP contribution in [0, 0.1) is 5.92 Å². The molecule has 1 aromatic rings. The Morgan fingerprint density at radius 2 is 1.90 bits per heavy atom. The summed E-state index contributed by atoms with van der Waals surface area (Å²) in [5, 5.41) is 4.09. The van der Waals surface area contributed by atoms with Crippen molar-refractivity contribution >= 4 is 5.91 Å². The normalized spacial score (nSPS) is 27.4. The van der Waals surface area contributed by atoms with Gasteiger partial charge in [-0.3, -0.25) is 4.79 Å². The Balaban J connectivity index is 1.51. The van der Waals surface area contributed by atoms with E-state index in [0.29, 0.717) is 17.7 Å². The monoisotopic (exact) mass is 275 g/mol. The Kier molecular flexibility index (Phi) is 3.00. The highest BCUT2D eigenvalue weighted by molar-refractivity contribution is 5.79. The number of likely N-dealkylation sites (tertiary alicyclic amines) is 1. The van der Waals surface area contributed by atoms with Gasteiger partial charge >= 0.3 is 0 Å². The van der Waals surface area contributed by atoms with Crippen molar-refractivity contribution in [3.8, 4) is 0 Å². The number of amides is 1. The molecule has 5 nitrogen and oxygen atoms in total. The second-order valence-electron chi connectivity index (χ2n) is 6.44. The smallest absolute Gasteiger partial charge is 0.249 e. The van der Waals surface area contributed by atoms with Crippen LogP contribution < -0.4 is 0 Å². The van der Waals surface area contributed by atoms with Crippen molar-refractivity contribution in [3.05, 3.63) is 11.7 Å². The minimum absolute atomic E-state index is 0.0306. The van der Waals surface area contributed by atoms with Gasteiger partial charge in [0.25, 0.3) is 0 Å². The molecule has 0 bridgehead atoms. The first kappa shape index (κ1) is 12.4. The third-order valence-corrected chi connectivity index (χ3v) is 4.93. The Hall–Kier alpha value is -1.39. The zero-order valence-corrected chi connectivity index (χ0v) is 11.8. The van der Waals surface area contributed by atoms with Crippen LogP contribution in [0.2, 0.25) is 0 Å². The molecular formula is C15H21N3O2. The summed E-state index contributed by atoms with van der Waals surface area (Å²) in [6.07, 6.45) is 8.86. The summed E-state index contributed by atoms with van der Waals surface area (Å²) in [6.45, 7) is 0.848. The third kappa shape index (κ3) is 2.13. The van der Waals surface area contributed by atoms with E-state index in [4.69, 9.17) is 4.52 Å². The number of nitrogens with zero attached hydrogens (tertiary/aromatic N) is 3. The highest BCUT2D eigenvalue weighted by Gasteiger charge is 2.38. The van der Waals surface area contributed by atoms with Crippen molar-refractivity contribution < 1.29 is 9.32 Å². The van der Waals surface area contributed by atoms with Gasteiger partial charge in [-0.15, -0.1) is 0 Å². The van der Waals surface area contributed by atoms with Gasteiger partial charge in [-0.1, -0.05) is 18.0 Å². The molecule has 2 saturated carbocycles. The van der Waals surface area contributed by atoms with E-state index in [-0.39, 0.29) is 12.0 Å². The van der Waals surface area contributed by atoms with Crippen LogP contribution in [-0.4, -0.2) is 27.5 Å². The standard InChI is InChI=1S/C15H21N3O2/c19-15(11-4-1-2-5-11)18-9-3-6-12(18)14-16-13(17-20-14)10-7-8-10/h10-12H,1-9H2. The average Bonchev–Trinajstić information content (AvgIpc) is 2.97. The number of rotatable bonds is 3. The molecule has 1 unspecified atom stereocenters. The molecule has 0 aromatic carbocycles. The van der Waals surface area contributed by atoms with E-state index >= 15 is 0 Å². The number of aromatic nitrogens is 2. The first-order valence-corrected chi connectivity index (χ1v) is 7.97. The summed E-state index contributed by atoms with van der Waals surface area (Å²) in [6, 6.07) is 0.0306. The average molecular weight is 275 g/mol. The predicted octanol–water partition coefficient (Wildman–Crippen LogP) is 2.80. The van der Waals surface area contributed by atoms with Gasteiger partial charge < -0.3 is 9.42 Å². The molecular weight excluding hydrogens is 254 g/mol. The molecule has 108 valence electrons. The fourth-order valence-corrected chi connectivity index (χ4v) is 3.58. The van der Waals surface area contributed by atoms with Gasteiger partial charge in [-0.2, -0.15) is 4.98 Å². The Labute approximate surface area is 118 Å². The summed E-state index contributed by atoms with van der Waals surface area (Å²) in [4.78, 5) is 19.2. The first-order valence-electron chi connectivity index (χ1n) is 7.97. The van der Waals surface area contributed by atoms with Gasteiger partial charge in [0.1, 0.15) is 6.04 Å². The summed E-state index contributed by atoms with van der Waals surface area (Å²) in [5.41, 5.74) is 0. The van der Waals surface area contributed by atoms with Gasteiger partial charge in [0.15, 0.2) is 5.82 Å². The number of carbonyl (C=O) groups excluding carboxylic acids is 1. The number of hydrogen-bond donors (Lipinski definition) is 0. The Morgan fingerprint density at radius 3 is 2.65 bits per heavy atom. The summed E-state index contributed by atoms with van der Waals surface area (Å²) in [5.74, 6) is 2.57. The van der Waals surface area contributed by atoms with E-state index in [9.17, 15) is 4.79 Å². The van der Waals surface area contributed by atoms with Crippen molar-refractivity contribution in [2.75, 3.05) is 6.54 Å². The maximum atomic E-state index is 12.6. The molecule has 1 atom stereocenters.